The quantitative estimate of drug-likeness (QED) is 0.613. The van der Waals surface area contributed by atoms with Gasteiger partial charge in [0.15, 0.2) is 0 Å². The molecule has 0 bridgehead atoms. The van der Waals surface area contributed by atoms with Gasteiger partial charge >= 0.3 is 0 Å². The van der Waals surface area contributed by atoms with E-state index in [1.807, 2.05) is 0 Å². The Morgan fingerprint density at radius 2 is 2.09 bits per heavy atom. The number of rotatable bonds is 2. The maximum Gasteiger partial charge on any atom is 0.0351 e. The molecule has 68 valence electrons. The molecule has 1 rings (SSSR count). The molecule has 1 aliphatic rings. The van der Waals surface area contributed by atoms with Crippen molar-refractivity contribution in [2.24, 2.45) is 0 Å². The van der Waals surface area contributed by atoms with E-state index in [4.69, 9.17) is 0 Å². The van der Waals surface area contributed by atoms with Gasteiger partial charge in [-0.05, 0) is 38.2 Å². The lowest BCUT2D eigenvalue weighted by Crippen LogP contribution is -2.41. The van der Waals surface area contributed by atoms with E-state index in [0.717, 1.165) is 11.4 Å². The van der Waals surface area contributed by atoms with Gasteiger partial charge in [-0.1, -0.05) is 6.92 Å². The molecule has 1 saturated heterocycles. The third-order valence-electron chi connectivity index (χ3n) is 2.57. The first-order chi connectivity index (χ1) is 5.24. The summed E-state index contributed by atoms with van der Waals surface area (Å²) in [6.45, 7) is 2.29. The second-order valence-electron chi connectivity index (χ2n) is 3.68. The van der Waals surface area contributed by atoms with Crippen LogP contribution >= 0.6 is 10.9 Å². The molecule has 0 amide bonds. The molecule has 1 fully saturated rings. The summed E-state index contributed by atoms with van der Waals surface area (Å²) >= 11 is 0. The van der Waals surface area contributed by atoms with Crippen LogP contribution in [-0.2, 0) is 0 Å². The topological polar surface area (TPSA) is 12.0 Å². The summed E-state index contributed by atoms with van der Waals surface area (Å²) in [5.74, 6) is 0. The Balaban J connectivity index is 2.33. The SMILES string of the molecule is CCC1CCCC([SH](C)C)N1. The van der Waals surface area contributed by atoms with Crippen LogP contribution in [0.25, 0.3) is 0 Å². The van der Waals surface area contributed by atoms with Gasteiger partial charge in [-0.3, -0.25) is 0 Å². The Morgan fingerprint density at radius 1 is 1.36 bits per heavy atom. The molecule has 0 saturated carbocycles. The van der Waals surface area contributed by atoms with Crippen molar-refractivity contribution in [1.82, 2.24) is 5.32 Å². The molecule has 2 unspecified atom stereocenters. The lowest BCUT2D eigenvalue weighted by atomic mass is 10.0. The van der Waals surface area contributed by atoms with Crippen LogP contribution in [-0.4, -0.2) is 23.9 Å². The number of nitrogens with one attached hydrogen (secondary N) is 1. The molecule has 1 heterocycles. The molecule has 2 atom stereocenters. The van der Waals surface area contributed by atoms with Crippen LogP contribution in [0.3, 0.4) is 0 Å². The van der Waals surface area contributed by atoms with Crippen molar-refractivity contribution in [2.75, 3.05) is 12.5 Å². The summed E-state index contributed by atoms with van der Waals surface area (Å²) in [5, 5.41) is 4.58. The van der Waals surface area contributed by atoms with Gasteiger partial charge in [-0.15, -0.1) is 0 Å². The Kier molecular flexibility index (Phi) is 3.73. The molecule has 0 aliphatic carbocycles. The van der Waals surface area contributed by atoms with Gasteiger partial charge in [0.1, 0.15) is 0 Å². The first kappa shape index (κ1) is 9.40. The highest BCUT2D eigenvalue weighted by Gasteiger charge is 2.19. The maximum atomic E-state index is 3.73. The normalized spacial score (nSPS) is 33.5. The standard InChI is InChI=1S/C9H21NS/c1-4-8-6-5-7-9(10-8)11(2)3/h8-11H,4-7H2,1-3H3. The van der Waals surface area contributed by atoms with E-state index in [9.17, 15) is 0 Å². The van der Waals surface area contributed by atoms with Crippen molar-refractivity contribution in [3.8, 4) is 0 Å². The van der Waals surface area contributed by atoms with Crippen LogP contribution in [0.2, 0.25) is 0 Å². The molecule has 0 aromatic carbocycles. The minimum atomic E-state index is 0.238. The molecular formula is C9H21NS. The molecular weight excluding hydrogens is 154 g/mol. The van der Waals surface area contributed by atoms with Crippen molar-refractivity contribution >= 4 is 10.9 Å². The summed E-state index contributed by atoms with van der Waals surface area (Å²) in [4.78, 5) is 0. The van der Waals surface area contributed by atoms with Gasteiger partial charge in [0.25, 0.3) is 0 Å². The van der Waals surface area contributed by atoms with Gasteiger partial charge in [-0.25, -0.2) is 10.9 Å². The van der Waals surface area contributed by atoms with E-state index in [-0.39, 0.29) is 10.9 Å². The maximum absolute atomic E-state index is 3.73. The lowest BCUT2D eigenvalue weighted by molar-refractivity contribution is 0.372. The van der Waals surface area contributed by atoms with Crippen molar-refractivity contribution in [1.29, 1.82) is 0 Å². The van der Waals surface area contributed by atoms with E-state index in [2.05, 4.69) is 24.8 Å². The predicted octanol–water partition coefficient (Wildman–Crippen LogP) is 2.13. The molecule has 0 spiro atoms. The van der Waals surface area contributed by atoms with Gasteiger partial charge in [0, 0.05) is 11.4 Å². The van der Waals surface area contributed by atoms with Crippen molar-refractivity contribution in [3.05, 3.63) is 0 Å². The van der Waals surface area contributed by atoms with Crippen molar-refractivity contribution < 1.29 is 0 Å². The predicted molar refractivity (Wildman–Crippen MR) is 55.7 cm³/mol. The van der Waals surface area contributed by atoms with Gasteiger partial charge in [-0.2, -0.15) is 0 Å². The van der Waals surface area contributed by atoms with E-state index < -0.39 is 0 Å². The van der Waals surface area contributed by atoms with Crippen LogP contribution in [0.15, 0.2) is 0 Å². The Bertz CT molecular complexity index is 114. The van der Waals surface area contributed by atoms with E-state index in [1.54, 1.807) is 0 Å². The first-order valence-corrected chi connectivity index (χ1v) is 6.97. The number of piperidine rings is 1. The third kappa shape index (κ3) is 2.68. The highest BCUT2D eigenvalue weighted by molar-refractivity contribution is 8.16. The largest absolute Gasteiger partial charge is 0.304 e. The zero-order chi connectivity index (χ0) is 8.27. The average molecular weight is 175 g/mol. The molecule has 0 radical (unpaired) electrons. The van der Waals surface area contributed by atoms with Crippen LogP contribution < -0.4 is 5.32 Å². The lowest BCUT2D eigenvalue weighted by Gasteiger charge is -2.34. The Morgan fingerprint density at radius 3 is 2.64 bits per heavy atom. The molecule has 0 aromatic rings. The second kappa shape index (κ2) is 4.36. The van der Waals surface area contributed by atoms with Gasteiger partial charge in [0.2, 0.25) is 0 Å². The highest BCUT2D eigenvalue weighted by atomic mass is 32.2. The monoisotopic (exact) mass is 175 g/mol. The summed E-state index contributed by atoms with van der Waals surface area (Å²) in [7, 11) is 0.238. The van der Waals surface area contributed by atoms with E-state index in [1.165, 1.54) is 25.7 Å². The van der Waals surface area contributed by atoms with Gasteiger partial charge < -0.3 is 5.32 Å². The molecule has 1 nitrogen and oxygen atoms in total. The summed E-state index contributed by atoms with van der Waals surface area (Å²) in [5.41, 5.74) is 0. The van der Waals surface area contributed by atoms with Gasteiger partial charge in [0.05, 0.1) is 0 Å². The molecule has 1 aliphatic heterocycles. The zero-order valence-electron chi connectivity index (χ0n) is 7.93. The summed E-state index contributed by atoms with van der Waals surface area (Å²) in [6.07, 6.45) is 10.3. The third-order valence-corrected chi connectivity index (χ3v) is 4.23. The smallest absolute Gasteiger partial charge is 0.0351 e. The highest BCUT2D eigenvalue weighted by Crippen LogP contribution is 2.29. The van der Waals surface area contributed by atoms with E-state index in [0.29, 0.717) is 0 Å². The van der Waals surface area contributed by atoms with Crippen LogP contribution in [0.1, 0.15) is 32.6 Å². The van der Waals surface area contributed by atoms with Crippen molar-refractivity contribution in [3.63, 3.8) is 0 Å². The summed E-state index contributed by atoms with van der Waals surface area (Å²) < 4.78 is 0. The van der Waals surface area contributed by atoms with Crippen LogP contribution in [0.4, 0.5) is 0 Å². The van der Waals surface area contributed by atoms with E-state index >= 15 is 0 Å². The molecule has 11 heavy (non-hydrogen) atoms. The minimum Gasteiger partial charge on any atom is -0.304 e. The first-order valence-electron chi connectivity index (χ1n) is 4.66. The number of hydrogen-bond acceptors (Lipinski definition) is 1. The summed E-state index contributed by atoms with van der Waals surface area (Å²) in [6, 6.07) is 0.818. The molecule has 0 aromatic heterocycles. The van der Waals surface area contributed by atoms with Crippen LogP contribution in [0.5, 0.6) is 0 Å². The van der Waals surface area contributed by atoms with Crippen molar-refractivity contribution in [2.45, 2.75) is 44.0 Å². The Labute approximate surface area is 73.3 Å². The zero-order valence-corrected chi connectivity index (χ0v) is 8.82. The number of hydrogen-bond donors (Lipinski definition) is 2. The Hall–Kier alpha value is 0.310. The fourth-order valence-electron chi connectivity index (χ4n) is 1.73. The average Bonchev–Trinajstić information content (AvgIpc) is 2.05. The number of thiol groups is 1. The van der Waals surface area contributed by atoms with Crippen LogP contribution in [0, 0.1) is 0 Å². The molecule has 2 heteroatoms. The fourth-order valence-corrected chi connectivity index (χ4v) is 2.93. The fraction of sp³-hybridized carbons (Fsp3) is 1.00. The second-order valence-corrected chi connectivity index (χ2v) is 6.23. The molecule has 1 N–H and O–H groups in total. The minimum absolute atomic E-state index is 0.238.